The number of rotatable bonds is 8. The van der Waals surface area contributed by atoms with Gasteiger partial charge in [0.2, 0.25) is 6.79 Å². The van der Waals surface area contributed by atoms with Gasteiger partial charge >= 0.3 is 12.1 Å². The summed E-state index contributed by atoms with van der Waals surface area (Å²) < 4.78 is 22.0. The van der Waals surface area contributed by atoms with E-state index >= 15 is 0 Å². The standard InChI is InChI=1S/C20H20INO7S/c21-12-3-5-15(23)14(8-12)16(2-1-7-26-19(24)10-30)29-20(25)22-13-4-6-17-18(9-13)28-11-27-17/h3-6,8-9,16,23,30H,1-2,7,10-11H2,(H,22,25)/t16-/m0/s1. The number of ether oxygens (including phenoxy) is 4. The number of aromatic hydroxyl groups is 1. The lowest BCUT2D eigenvalue weighted by molar-refractivity contribution is -0.140. The number of benzene rings is 2. The molecule has 0 aromatic heterocycles. The van der Waals surface area contributed by atoms with E-state index in [0.29, 0.717) is 35.6 Å². The van der Waals surface area contributed by atoms with Crippen LogP contribution in [0.1, 0.15) is 24.5 Å². The van der Waals surface area contributed by atoms with E-state index in [1.807, 2.05) is 0 Å². The molecule has 0 unspecified atom stereocenters. The molecule has 0 saturated carbocycles. The number of esters is 1. The molecule has 8 nitrogen and oxygen atoms in total. The van der Waals surface area contributed by atoms with Gasteiger partial charge in [0.15, 0.2) is 11.5 Å². The van der Waals surface area contributed by atoms with Gasteiger partial charge in [0, 0.05) is 20.9 Å². The molecule has 0 aliphatic carbocycles. The first-order valence-electron chi connectivity index (χ1n) is 9.08. The number of amides is 1. The van der Waals surface area contributed by atoms with E-state index in [2.05, 4.69) is 40.5 Å². The Labute approximate surface area is 192 Å². The molecule has 30 heavy (non-hydrogen) atoms. The van der Waals surface area contributed by atoms with E-state index in [4.69, 9.17) is 18.9 Å². The summed E-state index contributed by atoms with van der Waals surface area (Å²) in [5.74, 6) is 0.726. The molecule has 10 heteroatoms. The Kier molecular flexibility index (Phi) is 7.91. The fourth-order valence-corrected chi connectivity index (χ4v) is 3.42. The van der Waals surface area contributed by atoms with Crippen LogP contribution >= 0.6 is 35.2 Å². The first kappa shape index (κ1) is 22.3. The van der Waals surface area contributed by atoms with Crippen LogP contribution in [0.4, 0.5) is 10.5 Å². The fourth-order valence-electron chi connectivity index (χ4n) is 2.81. The number of anilines is 1. The van der Waals surface area contributed by atoms with Crippen LogP contribution in [0.2, 0.25) is 0 Å². The summed E-state index contributed by atoms with van der Waals surface area (Å²) in [5.41, 5.74) is 0.959. The van der Waals surface area contributed by atoms with Crippen LogP contribution in [0.25, 0.3) is 0 Å². The lowest BCUT2D eigenvalue weighted by Gasteiger charge is -2.20. The van der Waals surface area contributed by atoms with Crippen molar-refractivity contribution >= 4 is 53.0 Å². The summed E-state index contributed by atoms with van der Waals surface area (Å²) in [4.78, 5) is 23.7. The monoisotopic (exact) mass is 545 g/mol. The number of fused-ring (bicyclic) bond motifs is 1. The van der Waals surface area contributed by atoms with Gasteiger partial charge in [-0.1, -0.05) is 0 Å². The molecule has 160 valence electrons. The van der Waals surface area contributed by atoms with Crippen molar-refractivity contribution in [2.45, 2.75) is 18.9 Å². The van der Waals surface area contributed by atoms with E-state index in [9.17, 15) is 14.7 Å². The highest BCUT2D eigenvalue weighted by molar-refractivity contribution is 14.1. The number of carbonyl (C=O) groups is 2. The third kappa shape index (κ3) is 6.08. The highest BCUT2D eigenvalue weighted by atomic mass is 127. The van der Waals surface area contributed by atoms with Crippen molar-refractivity contribution in [3.05, 3.63) is 45.5 Å². The molecule has 0 saturated heterocycles. The Hall–Kier alpha value is -2.34. The zero-order valence-electron chi connectivity index (χ0n) is 15.8. The number of carbonyl (C=O) groups excluding carboxylic acids is 2. The Morgan fingerprint density at radius 3 is 2.80 bits per heavy atom. The molecule has 2 aromatic rings. The molecule has 0 radical (unpaired) electrons. The van der Waals surface area contributed by atoms with Crippen molar-refractivity contribution in [2.24, 2.45) is 0 Å². The number of phenols is 1. The van der Waals surface area contributed by atoms with Gasteiger partial charge in [0.05, 0.1) is 12.4 Å². The Bertz CT molecular complexity index is 924. The summed E-state index contributed by atoms with van der Waals surface area (Å²) in [5, 5.41) is 12.9. The minimum absolute atomic E-state index is 0.00443. The summed E-state index contributed by atoms with van der Waals surface area (Å²) in [6.45, 7) is 0.294. The van der Waals surface area contributed by atoms with Crippen LogP contribution in [0.3, 0.4) is 0 Å². The van der Waals surface area contributed by atoms with Gasteiger partial charge in [0.25, 0.3) is 0 Å². The van der Waals surface area contributed by atoms with Crippen molar-refractivity contribution in [3.8, 4) is 17.2 Å². The smallest absolute Gasteiger partial charge is 0.412 e. The van der Waals surface area contributed by atoms with Crippen LogP contribution in [-0.2, 0) is 14.3 Å². The second kappa shape index (κ2) is 10.6. The summed E-state index contributed by atoms with van der Waals surface area (Å²) >= 11 is 5.97. The lowest BCUT2D eigenvalue weighted by atomic mass is 10.0. The van der Waals surface area contributed by atoms with Crippen molar-refractivity contribution in [2.75, 3.05) is 24.5 Å². The van der Waals surface area contributed by atoms with Gasteiger partial charge in [-0.3, -0.25) is 10.1 Å². The number of thiol groups is 1. The van der Waals surface area contributed by atoms with Crippen molar-refractivity contribution in [1.82, 2.24) is 0 Å². The molecule has 0 fully saturated rings. The quantitative estimate of drug-likeness (QED) is 0.197. The van der Waals surface area contributed by atoms with E-state index in [0.717, 1.165) is 3.57 Å². The molecular formula is C20H20INO7S. The third-order valence-corrected chi connectivity index (χ3v) is 5.14. The maximum Gasteiger partial charge on any atom is 0.412 e. The molecule has 1 aliphatic heterocycles. The first-order valence-corrected chi connectivity index (χ1v) is 10.8. The zero-order chi connectivity index (χ0) is 21.5. The van der Waals surface area contributed by atoms with Crippen molar-refractivity contribution < 1.29 is 33.6 Å². The third-order valence-electron chi connectivity index (χ3n) is 4.21. The second-order valence-corrected chi connectivity index (χ2v) is 7.87. The highest BCUT2D eigenvalue weighted by Gasteiger charge is 2.22. The molecule has 1 amide bonds. The molecule has 1 atom stereocenters. The van der Waals surface area contributed by atoms with Gasteiger partial charge in [-0.15, -0.1) is 0 Å². The second-order valence-electron chi connectivity index (χ2n) is 6.31. The Morgan fingerprint density at radius 2 is 2.00 bits per heavy atom. The van der Waals surface area contributed by atoms with E-state index < -0.39 is 18.2 Å². The maximum absolute atomic E-state index is 12.5. The summed E-state index contributed by atoms with van der Waals surface area (Å²) in [7, 11) is 0. The summed E-state index contributed by atoms with van der Waals surface area (Å²) in [6.07, 6.45) is -0.637. The molecular weight excluding hydrogens is 525 g/mol. The molecule has 1 heterocycles. The summed E-state index contributed by atoms with van der Waals surface area (Å²) in [6, 6.07) is 10.0. The predicted molar refractivity (Wildman–Crippen MR) is 120 cm³/mol. The van der Waals surface area contributed by atoms with Crippen LogP contribution in [0.5, 0.6) is 17.2 Å². The normalized spacial score (nSPS) is 12.9. The minimum atomic E-state index is -0.733. The largest absolute Gasteiger partial charge is 0.508 e. The van der Waals surface area contributed by atoms with Crippen LogP contribution in [0.15, 0.2) is 36.4 Å². The van der Waals surface area contributed by atoms with Gasteiger partial charge < -0.3 is 24.1 Å². The molecule has 0 bridgehead atoms. The van der Waals surface area contributed by atoms with Crippen LogP contribution in [-0.4, -0.2) is 36.3 Å². The topological polar surface area (TPSA) is 103 Å². The van der Waals surface area contributed by atoms with Gasteiger partial charge in [-0.05, 0) is 65.8 Å². The molecule has 0 spiro atoms. The number of hydrogen-bond acceptors (Lipinski definition) is 8. The molecule has 2 N–H and O–H groups in total. The first-order chi connectivity index (χ1) is 14.5. The number of phenolic OH excluding ortho intramolecular Hbond substituents is 1. The zero-order valence-corrected chi connectivity index (χ0v) is 18.9. The molecule has 3 rings (SSSR count). The highest BCUT2D eigenvalue weighted by Crippen LogP contribution is 2.35. The average molecular weight is 545 g/mol. The molecule has 1 aliphatic rings. The van der Waals surface area contributed by atoms with Gasteiger partial charge in [-0.25, -0.2) is 4.79 Å². The number of nitrogens with one attached hydrogen (secondary N) is 1. The Morgan fingerprint density at radius 1 is 1.20 bits per heavy atom. The van der Waals surface area contributed by atoms with Crippen LogP contribution in [0, 0.1) is 3.57 Å². The predicted octanol–water partition coefficient (Wildman–Crippen LogP) is 4.27. The Balaban J connectivity index is 1.67. The molecule has 2 aromatic carbocycles. The van der Waals surface area contributed by atoms with E-state index in [1.54, 1.807) is 36.4 Å². The van der Waals surface area contributed by atoms with Gasteiger partial charge in [-0.2, -0.15) is 12.6 Å². The number of hydrogen-bond donors (Lipinski definition) is 3. The van der Waals surface area contributed by atoms with Crippen molar-refractivity contribution in [1.29, 1.82) is 0 Å². The SMILES string of the molecule is O=C(CS)OCCC[C@H](OC(=O)Nc1ccc2c(c1)OCO2)c1cc(I)ccc1O. The van der Waals surface area contributed by atoms with E-state index in [-0.39, 0.29) is 24.9 Å². The number of halogens is 1. The van der Waals surface area contributed by atoms with Gasteiger partial charge in [0.1, 0.15) is 11.9 Å². The average Bonchev–Trinajstić information content (AvgIpc) is 3.19. The van der Waals surface area contributed by atoms with Crippen molar-refractivity contribution in [3.63, 3.8) is 0 Å². The van der Waals surface area contributed by atoms with E-state index in [1.165, 1.54) is 0 Å². The maximum atomic E-state index is 12.5. The lowest BCUT2D eigenvalue weighted by Crippen LogP contribution is -2.18. The fraction of sp³-hybridized carbons (Fsp3) is 0.300. The minimum Gasteiger partial charge on any atom is -0.508 e. The van der Waals surface area contributed by atoms with Crippen LogP contribution < -0.4 is 14.8 Å².